The van der Waals surface area contributed by atoms with Crippen molar-refractivity contribution in [1.82, 2.24) is 0 Å². The molecule has 1 aliphatic heterocycles. The van der Waals surface area contributed by atoms with E-state index in [1.165, 1.54) is 0 Å². The third-order valence-electron chi connectivity index (χ3n) is 2.00. The number of thioether (sulfide) groups is 1. The number of aliphatic hydroxyl groups is 1. The molecule has 1 N–H and O–H groups in total. The van der Waals surface area contributed by atoms with Gasteiger partial charge in [-0.25, -0.2) is 0 Å². The summed E-state index contributed by atoms with van der Waals surface area (Å²) in [4.78, 5) is 4.77. The van der Waals surface area contributed by atoms with Crippen molar-refractivity contribution in [3.63, 3.8) is 0 Å². The quantitative estimate of drug-likeness (QED) is 0.790. The standard InChI is InChI=1S/C7H10Cl3NO2S/c1-4(14-2)5-3-6(12,13-11-5)7(8,9)10/h4,12H,3H2,1-2H3. The summed E-state index contributed by atoms with van der Waals surface area (Å²) < 4.78 is -1.89. The van der Waals surface area contributed by atoms with Crippen LogP contribution in [0.1, 0.15) is 13.3 Å². The van der Waals surface area contributed by atoms with Gasteiger partial charge in [-0.2, -0.15) is 11.8 Å². The fourth-order valence-corrected chi connectivity index (χ4v) is 1.65. The zero-order valence-electron chi connectivity index (χ0n) is 7.63. The molecule has 0 amide bonds. The normalized spacial score (nSPS) is 29.7. The summed E-state index contributed by atoms with van der Waals surface area (Å²) in [6.07, 6.45) is 2.05. The van der Waals surface area contributed by atoms with Crippen LogP contribution in [0.15, 0.2) is 5.16 Å². The topological polar surface area (TPSA) is 41.8 Å². The Hall–Kier alpha value is 0.650. The van der Waals surface area contributed by atoms with Gasteiger partial charge >= 0.3 is 0 Å². The number of oxime groups is 1. The van der Waals surface area contributed by atoms with Gasteiger partial charge in [0.05, 0.1) is 12.1 Å². The van der Waals surface area contributed by atoms with Crippen LogP contribution in [0.5, 0.6) is 0 Å². The maximum atomic E-state index is 9.80. The second-order valence-electron chi connectivity index (χ2n) is 3.01. The second-order valence-corrected chi connectivity index (χ2v) is 6.47. The van der Waals surface area contributed by atoms with Gasteiger partial charge in [-0.1, -0.05) is 40.0 Å². The lowest BCUT2D eigenvalue weighted by Crippen LogP contribution is -2.43. The summed E-state index contributed by atoms with van der Waals surface area (Å²) in [5.74, 6) is -1.84. The molecule has 1 heterocycles. The van der Waals surface area contributed by atoms with E-state index in [0.29, 0.717) is 5.71 Å². The summed E-state index contributed by atoms with van der Waals surface area (Å²) in [6.45, 7) is 1.94. The fourth-order valence-electron chi connectivity index (χ4n) is 0.950. The molecule has 82 valence electrons. The van der Waals surface area contributed by atoms with Gasteiger partial charge in [0, 0.05) is 5.25 Å². The van der Waals surface area contributed by atoms with Crippen molar-refractivity contribution in [2.45, 2.75) is 28.2 Å². The average molecular weight is 279 g/mol. The van der Waals surface area contributed by atoms with Crippen LogP contribution in [0.3, 0.4) is 0 Å². The predicted molar refractivity (Wildman–Crippen MR) is 61.4 cm³/mol. The van der Waals surface area contributed by atoms with Gasteiger partial charge in [0.2, 0.25) is 0 Å². The first-order chi connectivity index (χ1) is 6.30. The van der Waals surface area contributed by atoms with Crippen LogP contribution >= 0.6 is 46.6 Å². The van der Waals surface area contributed by atoms with Crippen LogP contribution in [0, 0.1) is 0 Å². The largest absolute Gasteiger partial charge is 0.355 e. The molecule has 0 spiro atoms. The van der Waals surface area contributed by atoms with Crippen LogP contribution in [0.2, 0.25) is 0 Å². The highest BCUT2D eigenvalue weighted by atomic mass is 35.6. The number of nitrogens with zero attached hydrogens (tertiary/aromatic N) is 1. The van der Waals surface area contributed by atoms with Crippen LogP contribution in [0.4, 0.5) is 0 Å². The first-order valence-electron chi connectivity index (χ1n) is 3.87. The monoisotopic (exact) mass is 277 g/mol. The highest BCUT2D eigenvalue weighted by molar-refractivity contribution is 7.99. The average Bonchev–Trinajstić information content (AvgIpc) is 2.47. The SMILES string of the molecule is CSC(C)C1=NOC(O)(C(Cl)(Cl)Cl)C1. The van der Waals surface area contributed by atoms with E-state index in [1.54, 1.807) is 11.8 Å². The molecule has 2 atom stereocenters. The molecular formula is C7H10Cl3NO2S. The van der Waals surface area contributed by atoms with Crippen molar-refractivity contribution < 1.29 is 9.94 Å². The van der Waals surface area contributed by atoms with Gasteiger partial charge in [-0.15, -0.1) is 0 Å². The van der Waals surface area contributed by atoms with Gasteiger partial charge in [0.15, 0.2) is 0 Å². The van der Waals surface area contributed by atoms with Crippen molar-refractivity contribution >= 4 is 52.3 Å². The van der Waals surface area contributed by atoms with E-state index in [9.17, 15) is 5.11 Å². The second kappa shape index (κ2) is 4.26. The van der Waals surface area contributed by atoms with Crippen LogP contribution < -0.4 is 0 Å². The zero-order valence-corrected chi connectivity index (χ0v) is 10.7. The van der Waals surface area contributed by atoms with Crippen LogP contribution in [-0.2, 0) is 4.84 Å². The Morgan fingerprint density at radius 2 is 2.21 bits per heavy atom. The molecule has 0 aromatic heterocycles. The molecule has 0 radical (unpaired) electrons. The summed E-state index contributed by atoms with van der Waals surface area (Å²) in [5.41, 5.74) is 0.686. The Balaban J connectivity index is 2.70. The number of hydrogen-bond donors (Lipinski definition) is 1. The molecular weight excluding hydrogens is 269 g/mol. The Bertz CT molecular complexity index is 256. The summed E-state index contributed by atoms with van der Waals surface area (Å²) >= 11 is 18.3. The summed E-state index contributed by atoms with van der Waals surface area (Å²) in [7, 11) is 0. The third kappa shape index (κ3) is 2.42. The molecule has 1 aliphatic rings. The van der Waals surface area contributed by atoms with E-state index in [0.717, 1.165) is 0 Å². The van der Waals surface area contributed by atoms with Crippen LogP contribution in [0.25, 0.3) is 0 Å². The van der Waals surface area contributed by atoms with Gasteiger partial charge in [-0.05, 0) is 13.2 Å². The molecule has 7 heteroatoms. The number of hydrogen-bond acceptors (Lipinski definition) is 4. The summed E-state index contributed by atoms with van der Waals surface area (Å²) in [6, 6.07) is 0. The smallest absolute Gasteiger partial charge is 0.287 e. The molecule has 1 rings (SSSR count). The van der Waals surface area contributed by atoms with E-state index in [2.05, 4.69) is 5.16 Å². The highest BCUT2D eigenvalue weighted by Crippen LogP contribution is 2.44. The van der Waals surface area contributed by atoms with Gasteiger partial charge < -0.3 is 9.94 Å². The number of halogens is 3. The van der Waals surface area contributed by atoms with Gasteiger partial charge in [0.25, 0.3) is 9.58 Å². The predicted octanol–water partition coefficient (Wildman–Crippen LogP) is 2.57. The third-order valence-corrected chi connectivity index (χ3v) is 3.87. The molecule has 2 unspecified atom stereocenters. The van der Waals surface area contributed by atoms with E-state index >= 15 is 0 Å². The van der Waals surface area contributed by atoms with Crippen molar-refractivity contribution in [1.29, 1.82) is 0 Å². The highest BCUT2D eigenvalue weighted by Gasteiger charge is 2.54. The molecule has 3 nitrogen and oxygen atoms in total. The molecule has 0 aromatic rings. The van der Waals surface area contributed by atoms with Gasteiger partial charge in [0.1, 0.15) is 0 Å². The maximum absolute atomic E-state index is 9.80. The Labute approximate surface area is 102 Å². The molecule has 0 aliphatic carbocycles. The molecule has 0 saturated heterocycles. The lowest BCUT2D eigenvalue weighted by atomic mass is 10.1. The first kappa shape index (κ1) is 12.7. The van der Waals surface area contributed by atoms with E-state index in [-0.39, 0.29) is 11.7 Å². The van der Waals surface area contributed by atoms with Crippen molar-refractivity contribution in [3.8, 4) is 0 Å². The minimum absolute atomic E-state index is 0.117. The molecule has 14 heavy (non-hydrogen) atoms. The van der Waals surface area contributed by atoms with Crippen molar-refractivity contribution in [3.05, 3.63) is 0 Å². The van der Waals surface area contributed by atoms with Gasteiger partial charge in [-0.3, -0.25) is 0 Å². The minimum atomic E-state index is -1.89. The van der Waals surface area contributed by atoms with Crippen LogP contribution in [-0.4, -0.2) is 31.9 Å². The zero-order chi connectivity index (χ0) is 11.0. The molecule has 0 bridgehead atoms. The Kier molecular flexibility index (Phi) is 3.87. The number of alkyl halides is 3. The molecule has 0 aromatic carbocycles. The fraction of sp³-hybridized carbons (Fsp3) is 0.857. The van der Waals surface area contributed by atoms with Crippen molar-refractivity contribution in [2.24, 2.45) is 5.16 Å². The summed E-state index contributed by atoms with van der Waals surface area (Å²) in [5, 5.41) is 13.7. The first-order valence-corrected chi connectivity index (χ1v) is 6.29. The van der Waals surface area contributed by atoms with E-state index in [4.69, 9.17) is 39.6 Å². The van der Waals surface area contributed by atoms with E-state index < -0.39 is 9.58 Å². The molecule has 0 saturated carbocycles. The number of rotatable bonds is 2. The maximum Gasteiger partial charge on any atom is 0.287 e. The van der Waals surface area contributed by atoms with E-state index in [1.807, 2.05) is 13.2 Å². The Morgan fingerprint density at radius 3 is 2.57 bits per heavy atom. The lowest BCUT2D eigenvalue weighted by molar-refractivity contribution is -0.181. The Morgan fingerprint density at radius 1 is 1.64 bits per heavy atom. The lowest BCUT2D eigenvalue weighted by Gasteiger charge is -2.27. The molecule has 0 fully saturated rings. The minimum Gasteiger partial charge on any atom is -0.355 e. The van der Waals surface area contributed by atoms with Crippen molar-refractivity contribution in [2.75, 3.05) is 6.26 Å².